The molecule has 3 aromatic rings. The summed E-state index contributed by atoms with van der Waals surface area (Å²) in [5, 5.41) is 7.37. The van der Waals surface area contributed by atoms with Crippen LogP contribution in [0.4, 0.5) is 16.3 Å². The molecule has 3 rings (SSSR count). The van der Waals surface area contributed by atoms with E-state index in [4.69, 9.17) is 5.73 Å². The Morgan fingerprint density at radius 1 is 1.05 bits per heavy atom. The van der Waals surface area contributed by atoms with E-state index in [0.29, 0.717) is 18.4 Å². The van der Waals surface area contributed by atoms with Crippen LogP contribution in [-0.2, 0) is 6.54 Å². The Morgan fingerprint density at radius 3 is 2.48 bits per heavy atom. The average molecular weight is 283 g/mol. The van der Waals surface area contributed by atoms with Crippen LogP contribution in [0.5, 0.6) is 0 Å². The summed E-state index contributed by atoms with van der Waals surface area (Å²) in [5.74, 6) is 0.484. The van der Waals surface area contributed by atoms with E-state index >= 15 is 0 Å². The molecular weight excluding hydrogens is 269 g/mol. The number of halogens is 1. The molecule has 6 heteroatoms. The highest BCUT2D eigenvalue weighted by molar-refractivity contribution is 5.41. The second-order valence-electron chi connectivity index (χ2n) is 4.52. The first kappa shape index (κ1) is 13.1. The third-order valence-electron chi connectivity index (χ3n) is 3.00. The molecule has 3 N–H and O–H groups in total. The molecule has 106 valence electrons. The van der Waals surface area contributed by atoms with Gasteiger partial charge in [0.15, 0.2) is 0 Å². The Kier molecular flexibility index (Phi) is 3.51. The van der Waals surface area contributed by atoms with Crippen LogP contribution in [-0.4, -0.2) is 14.8 Å². The first-order chi connectivity index (χ1) is 10.2. The van der Waals surface area contributed by atoms with Crippen LogP contribution in [0.25, 0.3) is 5.69 Å². The van der Waals surface area contributed by atoms with Crippen molar-refractivity contribution in [1.82, 2.24) is 14.8 Å². The molecule has 1 heterocycles. The monoisotopic (exact) mass is 283 g/mol. The van der Waals surface area contributed by atoms with Crippen LogP contribution in [0.1, 0.15) is 5.56 Å². The Hall–Kier alpha value is -2.89. The zero-order valence-corrected chi connectivity index (χ0v) is 11.2. The molecule has 0 unspecified atom stereocenters. The van der Waals surface area contributed by atoms with Gasteiger partial charge in [-0.25, -0.2) is 4.39 Å². The molecule has 0 saturated heterocycles. The molecule has 0 aliphatic rings. The lowest BCUT2D eigenvalue weighted by atomic mass is 10.2. The lowest BCUT2D eigenvalue weighted by Crippen LogP contribution is -2.03. The number of benzene rings is 2. The second kappa shape index (κ2) is 5.62. The van der Waals surface area contributed by atoms with E-state index < -0.39 is 0 Å². The lowest BCUT2D eigenvalue weighted by Gasteiger charge is -2.02. The second-order valence-corrected chi connectivity index (χ2v) is 4.52. The molecule has 0 aliphatic heterocycles. The van der Waals surface area contributed by atoms with Crippen molar-refractivity contribution in [3.63, 3.8) is 0 Å². The van der Waals surface area contributed by atoms with E-state index in [0.717, 1.165) is 11.3 Å². The topological polar surface area (TPSA) is 68.8 Å². The Balaban J connectivity index is 1.74. The summed E-state index contributed by atoms with van der Waals surface area (Å²) in [6.45, 7) is 0.499. The van der Waals surface area contributed by atoms with E-state index in [2.05, 4.69) is 15.4 Å². The molecule has 0 atom stereocenters. The molecule has 0 amide bonds. The van der Waals surface area contributed by atoms with Crippen LogP contribution in [0, 0.1) is 5.82 Å². The van der Waals surface area contributed by atoms with Crippen molar-refractivity contribution in [3.8, 4) is 5.69 Å². The number of anilines is 2. The highest BCUT2D eigenvalue weighted by Crippen LogP contribution is 2.14. The Morgan fingerprint density at radius 2 is 1.76 bits per heavy atom. The van der Waals surface area contributed by atoms with Crippen LogP contribution in [0.3, 0.4) is 0 Å². The number of rotatable bonds is 4. The molecule has 0 aliphatic carbocycles. The molecule has 2 aromatic carbocycles. The van der Waals surface area contributed by atoms with Gasteiger partial charge in [-0.3, -0.25) is 0 Å². The van der Waals surface area contributed by atoms with Crippen molar-refractivity contribution in [2.45, 2.75) is 6.54 Å². The quantitative estimate of drug-likeness (QED) is 0.772. The van der Waals surface area contributed by atoms with Crippen molar-refractivity contribution in [3.05, 3.63) is 66.0 Å². The maximum atomic E-state index is 12.8. The average Bonchev–Trinajstić information content (AvgIpc) is 2.89. The summed E-state index contributed by atoms with van der Waals surface area (Å²) in [4.78, 5) is 4.16. The van der Waals surface area contributed by atoms with Gasteiger partial charge in [0.1, 0.15) is 5.82 Å². The summed E-state index contributed by atoms with van der Waals surface area (Å²) in [7, 11) is 0. The van der Waals surface area contributed by atoms with Crippen LogP contribution in [0.15, 0.2) is 54.6 Å². The molecule has 0 radical (unpaired) electrons. The van der Waals surface area contributed by atoms with Crippen molar-refractivity contribution in [2.24, 2.45) is 0 Å². The summed E-state index contributed by atoms with van der Waals surface area (Å²) in [6.07, 6.45) is 0. The summed E-state index contributed by atoms with van der Waals surface area (Å²) < 4.78 is 14.4. The third-order valence-corrected chi connectivity index (χ3v) is 3.00. The van der Waals surface area contributed by atoms with E-state index in [1.165, 1.54) is 12.1 Å². The number of nitrogens with two attached hydrogens (primary N) is 1. The number of nitrogen functional groups attached to an aromatic ring is 1. The molecule has 0 spiro atoms. The van der Waals surface area contributed by atoms with Crippen molar-refractivity contribution in [2.75, 3.05) is 11.1 Å². The van der Waals surface area contributed by atoms with Gasteiger partial charge >= 0.3 is 0 Å². The first-order valence-corrected chi connectivity index (χ1v) is 6.48. The van der Waals surface area contributed by atoms with Crippen LogP contribution < -0.4 is 11.1 Å². The number of hydrogen-bond donors (Lipinski definition) is 2. The maximum absolute atomic E-state index is 12.8. The number of nitrogens with one attached hydrogen (secondary N) is 1. The standard InChI is InChI=1S/C15H14FN5/c16-12-8-6-11(7-9-12)10-18-15-19-14(17)21(20-15)13-4-2-1-3-5-13/h1-9H,10H2,(H3,17,18,19,20). The Labute approximate surface area is 121 Å². The maximum Gasteiger partial charge on any atom is 0.244 e. The molecule has 5 nitrogen and oxygen atoms in total. The number of nitrogens with zero attached hydrogens (tertiary/aromatic N) is 3. The highest BCUT2D eigenvalue weighted by Gasteiger charge is 2.08. The first-order valence-electron chi connectivity index (χ1n) is 6.48. The minimum absolute atomic E-state index is 0.255. The fourth-order valence-corrected chi connectivity index (χ4v) is 1.94. The fourth-order valence-electron chi connectivity index (χ4n) is 1.94. The van der Waals surface area contributed by atoms with Crippen molar-refractivity contribution >= 4 is 11.9 Å². The van der Waals surface area contributed by atoms with Crippen LogP contribution >= 0.6 is 0 Å². The molecule has 0 bridgehead atoms. The van der Waals surface area contributed by atoms with E-state index in [9.17, 15) is 4.39 Å². The summed E-state index contributed by atoms with van der Waals surface area (Å²) >= 11 is 0. The number of aromatic nitrogens is 3. The Bertz CT molecular complexity index is 722. The summed E-state index contributed by atoms with van der Waals surface area (Å²) in [6, 6.07) is 15.8. The lowest BCUT2D eigenvalue weighted by molar-refractivity contribution is 0.627. The van der Waals surface area contributed by atoms with E-state index in [1.54, 1.807) is 16.8 Å². The predicted molar refractivity (Wildman–Crippen MR) is 79.5 cm³/mol. The van der Waals surface area contributed by atoms with E-state index in [1.807, 2.05) is 30.3 Å². The highest BCUT2D eigenvalue weighted by atomic mass is 19.1. The van der Waals surface area contributed by atoms with Crippen molar-refractivity contribution < 1.29 is 4.39 Å². The van der Waals surface area contributed by atoms with Gasteiger partial charge < -0.3 is 11.1 Å². The minimum Gasteiger partial charge on any atom is -0.368 e. The van der Waals surface area contributed by atoms with Gasteiger partial charge in [-0.15, -0.1) is 5.10 Å². The predicted octanol–water partition coefficient (Wildman–Crippen LogP) is 2.60. The van der Waals surface area contributed by atoms with Gasteiger partial charge in [0, 0.05) is 6.54 Å². The molecule has 0 fully saturated rings. The van der Waals surface area contributed by atoms with Gasteiger partial charge in [-0.2, -0.15) is 9.67 Å². The summed E-state index contributed by atoms with van der Waals surface area (Å²) in [5.41, 5.74) is 7.64. The van der Waals surface area contributed by atoms with Gasteiger partial charge in [0.25, 0.3) is 0 Å². The van der Waals surface area contributed by atoms with Gasteiger partial charge in [0.2, 0.25) is 11.9 Å². The number of para-hydroxylation sites is 1. The third kappa shape index (κ3) is 3.00. The van der Waals surface area contributed by atoms with Gasteiger partial charge in [0.05, 0.1) is 5.69 Å². The van der Waals surface area contributed by atoms with Crippen LogP contribution in [0.2, 0.25) is 0 Å². The zero-order valence-electron chi connectivity index (χ0n) is 11.2. The molecule has 0 saturated carbocycles. The fraction of sp³-hybridized carbons (Fsp3) is 0.0667. The van der Waals surface area contributed by atoms with Gasteiger partial charge in [-0.1, -0.05) is 30.3 Å². The molecule has 21 heavy (non-hydrogen) atoms. The smallest absolute Gasteiger partial charge is 0.244 e. The largest absolute Gasteiger partial charge is 0.368 e. The normalized spacial score (nSPS) is 10.5. The molecular formula is C15H14FN5. The number of hydrogen-bond acceptors (Lipinski definition) is 4. The van der Waals surface area contributed by atoms with Gasteiger partial charge in [-0.05, 0) is 29.8 Å². The van der Waals surface area contributed by atoms with E-state index in [-0.39, 0.29) is 5.82 Å². The zero-order chi connectivity index (χ0) is 14.7. The SMILES string of the molecule is Nc1nc(NCc2ccc(F)cc2)nn1-c1ccccc1. The minimum atomic E-state index is -0.255. The van der Waals surface area contributed by atoms with Crippen molar-refractivity contribution in [1.29, 1.82) is 0 Å². The molecule has 1 aromatic heterocycles.